The maximum Gasteiger partial charge on any atom is 0.270 e. The van der Waals surface area contributed by atoms with Crippen molar-refractivity contribution < 1.29 is 14.3 Å². The van der Waals surface area contributed by atoms with E-state index < -0.39 is 11.8 Å². The smallest absolute Gasteiger partial charge is 0.270 e. The maximum atomic E-state index is 12.5. The minimum Gasteiger partial charge on any atom is -0.492 e. The molecule has 3 aromatic carbocycles. The summed E-state index contributed by atoms with van der Waals surface area (Å²) in [6, 6.07) is 22.0. The number of rotatable bonds is 6. The molecular weight excluding hydrogens is 558 g/mol. The summed E-state index contributed by atoms with van der Waals surface area (Å²) in [6.07, 6.45) is 0.779. The van der Waals surface area contributed by atoms with Gasteiger partial charge in [0.1, 0.15) is 5.75 Å². The molecule has 0 unspecified atom stereocenters. The first-order valence-corrected chi connectivity index (χ1v) is 11.6. The monoisotopic (exact) mass is 575 g/mol. The molecule has 0 fully saturated rings. The number of ether oxygens (including phenoxy) is 1. The molecule has 0 spiro atoms. The first kappa shape index (κ1) is 23.9. The van der Waals surface area contributed by atoms with Crippen LogP contribution in [0.15, 0.2) is 81.7 Å². The van der Waals surface area contributed by atoms with Crippen LogP contribution in [0.1, 0.15) is 26.3 Å². The van der Waals surface area contributed by atoms with Gasteiger partial charge in [-0.1, -0.05) is 42.5 Å². The zero-order valence-corrected chi connectivity index (χ0v) is 20.7. The van der Waals surface area contributed by atoms with E-state index in [4.69, 9.17) is 17.0 Å². The number of carbonyl (C=O) groups excluding carboxylic acids is 2. The van der Waals surface area contributed by atoms with Crippen LogP contribution in [0, 0.1) is 0 Å². The number of hydrazine groups is 1. The average molecular weight is 577 g/mol. The molecule has 0 saturated heterocycles. The number of amides is 2. The Labute approximate surface area is 208 Å². The molecule has 0 aromatic heterocycles. The minimum atomic E-state index is -0.422. The number of nitrogens with one attached hydrogen (secondary N) is 3. The predicted molar refractivity (Wildman–Crippen MR) is 135 cm³/mol. The molecule has 0 aliphatic carbocycles. The van der Waals surface area contributed by atoms with E-state index in [-0.39, 0.29) is 5.11 Å². The van der Waals surface area contributed by atoms with Gasteiger partial charge in [-0.3, -0.25) is 25.8 Å². The van der Waals surface area contributed by atoms with Crippen LogP contribution in [0.25, 0.3) is 0 Å². The van der Waals surface area contributed by atoms with Gasteiger partial charge in [-0.15, -0.1) is 0 Å². The molecule has 0 atom stereocenters. The maximum absolute atomic E-state index is 12.5. The number of benzene rings is 3. The number of hydrogen-bond donors (Lipinski definition) is 3. The molecule has 0 radical (unpaired) electrons. The molecule has 32 heavy (non-hydrogen) atoms. The van der Waals surface area contributed by atoms with Crippen molar-refractivity contribution in [1.29, 1.82) is 0 Å². The Balaban J connectivity index is 1.49. The van der Waals surface area contributed by atoms with Gasteiger partial charge >= 0.3 is 0 Å². The molecule has 2 amide bonds. The van der Waals surface area contributed by atoms with Crippen LogP contribution < -0.4 is 20.9 Å². The van der Waals surface area contributed by atoms with Crippen LogP contribution >= 0.6 is 44.1 Å². The highest BCUT2D eigenvalue weighted by molar-refractivity contribution is 9.10. The van der Waals surface area contributed by atoms with Crippen molar-refractivity contribution >= 4 is 61.0 Å². The first-order valence-electron chi connectivity index (χ1n) is 9.56. The number of thiocarbonyl (C=S) groups is 1. The summed E-state index contributed by atoms with van der Waals surface area (Å²) in [5.74, 6) is -0.179. The van der Waals surface area contributed by atoms with Crippen LogP contribution in [0.5, 0.6) is 5.75 Å². The van der Waals surface area contributed by atoms with Crippen LogP contribution in [0.3, 0.4) is 0 Å². The van der Waals surface area contributed by atoms with Crippen LogP contribution in [0.2, 0.25) is 0 Å². The fourth-order valence-electron chi connectivity index (χ4n) is 2.72. The third-order valence-electron chi connectivity index (χ3n) is 4.32. The molecule has 3 N–H and O–H groups in total. The first-order chi connectivity index (χ1) is 15.4. The van der Waals surface area contributed by atoms with Crippen molar-refractivity contribution in [3.8, 4) is 5.75 Å². The highest BCUT2D eigenvalue weighted by Crippen LogP contribution is 2.26. The van der Waals surface area contributed by atoms with Crippen molar-refractivity contribution in [3.05, 3.63) is 98.4 Å². The van der Waals surface area contributed by atoms with E-state index in [1.54, 1.807) is 42.5 Å². The number of hydrogen-bond acceptors (Lipinski definition) is 4. The van der Waals surface area contributed by atoms with Crippen LogP contribution in [0.4, 0.5) is 0 Å². The summed E-state index contributed by atoms with van der Waals surface area (Å²) in [6.45, 7) is 0.513. The van der Waals surface area contributed by atoms with E-state index in [1.165, 1.54) is 5.56 Å². The predicted octanol–water partition coefficient (Wildman–Crippen LogP) is 4.78. The van der Waals surface area contributed by atoms with E-state index in [9.17, 15) is 9.59 Å². The standard InChI is InChI=1S/C23H19Br2N3O3S/c24-18-9-5-4-8-17(18)22(30)27-28-23(32)26-21(29)16-10-11-20(19(25)14-16)31-13-12-15-6-2-1-3-7-15/h1-11,14H,12-13H2,(H,27,30)(H2,26,28,29,32). The summed E-state index contributed by atoms with van der Waals surface area (Å²) in [5, 5.41) is 2.49. The van der Waals surface area contributed by atoms with Gasteiger partial charge < -0.3 is 4.74 Å². The van der Waals surface area contributed by atoms with E-state index in [0.29, 0.717) is 32.4 Å². The largest absolute Gasteiger partial charge is 0.492 e. The molecule has 0 aliphatic heterocycles. The molecule has 3 aromatic rings. The number of carbonyl (C=O) groups is 2. The summed E-state index contributed by atoms with van der Waals surface area (Å²) in [7, 11) is 0. The summed E-state index contributed by atoms with van der Waals surface area (Å²) in [5.41, 5.74) is 6.97. The zero-order valence-electron chi connectivity index (χ0n) is 16.7. The van der Waals surface area contributed by atoms with Gasteiger partial charge in [-0.05, 0) is 80.0 Å². The molecule has 0 aliphatic rings. The van der Waals surface area contributed by atoms with Crippen LogP contribution in [-0.2, 0) is 6.42 Å². The zero-order chi connectivity index (χ0) is 22.9. The fourth-order valence-corrected chi connectivity index (χ4v) is 3.82. The van der Waals surface area contributed by atoms with Gasteiger partial charge in [0.25, 0.3) is 11.8 Å². The second-order valence-corrected chi connectivity index (χ2v) is 8.69. The second kappa shape index (κ2) is 11.8. The van der Waals surface area contributed by atoms with E-state index in [2.05, 4.69) is 48.0 Å². The Morgan fingerprint density at radius 3 is 2.28 bits per heavy atom. The molecule has 0 heterocycles. The van der Waals surface area contributed by atoms with Crippen molar-refractivity contribution in [1.82, 2.24) is 16.2 Å². The van der Waals surface area contributed by atoms with Gasteiger partial charge in [0, 0.05) is 16.5 Å². The summed E-state index contributed by atoms with van der Waals surface area (Å²) in [4.78, 5) is 24.7. The number of halogens is 2. The second-order valence-electron chi connectivity index (χ2n) is 6.57. The van der Waals surface area contributed by atoms with Crippen LogP contribution in [-0.4, -0.2) is 23.5 Å². The quantitative estimate of drug-likeness (QED) is 0.291. The Hall–Kier alpha value is -2.75. The van der Waals surface area contributed by atoms with Gasteiger partial charge in [0.15, 0.2) is 5.11 Å². The molecule has 0 saturated carbocycles. The lowest BCUT2D eigenvalue weighted by molar-refractivity contribution is 0.0934. The Kier molecular flexibility index (Phi) is 8.78. The van der Waals surface area contributed by atoms with Crippen molar-refractivity contribution in [3.63, 3.8) is 0 Å². The highest BCUT2D eigenvalue weighted by atomic mass is 79.9. The minimum absolute atomic E-state index is 0.0327. The van der Waals surface area contributed by atoms with E-state index >= 15 is 0 Å². The van der Waals surface area contributed by atoms with Gasteiger partial charge in [0.05, 0.1) is 16.6 Å². The van der Waals surface area contributed by atoms with Gasteiger partial charge in [-0.25, -0.2) is 0 Å². The molecule has 6 nitrogen and oxygen atoms in total. The third-order valence-corrected chi connectivity index (χ3v) is 5.84. The normalized spacial score (nSPS) is 10.2. The van der Waals surface area contributed by atoms with Gasteiger partial charge in [-0.2, -0.15) is 0 Å². The highest BCUT2D eigenvalue weighted by Gasteiger charge is 2.13. The average Bonchev–Trinajstić information content (AvgIpc) is 2.79. The van der Waals surface area contributed by atoms with Crippen molar-refractivity contribution in [2.24, 2.45) is 0 Å². The molecular formula is C23H19Br2N3O3S. The topological polar surface area (TPSA) is 79.5 Å². The summed E-state index contributed by atoms with van der Waals surface area (Å²) < 4.78 is 7.10. The molecule has 164 valence electrons. The Bertz CT molecular complexity index is 1130. The van der Waals surface area contributed by atoms with E-state index in [0.717, 1.165) is 6.42 Å². The lowest BCUT2D eigenvalue weighted by atomic mass is 10.2. The van der Waals surface area contributed by atoms with Crippen molar-refractivity contribution in [2.45, 2.75) is 6.42 Å². The fraction of sp³-hybridized carbons (Fsp3) is 0.0870. The molecule has 0 bridgehead atoms. The lowest BCUT2D eigenvalue weighted by Crippen LogP contribution is -2.48. The SMILES string of the molecule is O=C(NC(=S)NNC(=O)c1ccccc1Br)c1ccc(OCCc2ccccc2)c(Br)c1. The third kappa shape index (κ3) is 6.88. The lowest BCUT2D eigenvalue weighted by Gasteiger charge is -2.12. The van der Waals surface area contributed by atoms with Gasteiger partial charge in [0.2, 0.25) is 0 Å². The Morgan fingerprint density at radius 2 is 1.56 bits per heavy atom. The summed E-state index contributed by atoms with van der Waals surface area (Å²) >= 11 is 11.8. The van der Waals surface area contributed by atoms with E-state index in [1.807, 2.05) is 30.3 Å². The molecule has 9 heteroatoms. The van der Waals surface area contributed by atoms with Crippen molar-refractivity contribution in [2.75, 3.05) is 6.61 Å². The Morgan fingerprint density at radius 1 is 0.844 bits per heavy atom. The molecule has 3 rings (SSSR count).